The van der Waals surface area contributed by atoms with Gasteiger partial charge in [-0.3, -0.25) is 4.79 Å². The maximum absolute atomic E-state index is 13.3. The number of carbonyl (C=O) groups is 1. The number of amides is 1. The molecular formula is C22H30F2N4O4. The molecule has 2 aromatic rings. The minimum atomic E-state index is -3.13. The SMILES string of the molecule is Cc1cc(OCCCC2CCN(c3noc(C(C)(F)F)n3)CC2)ccc1C(=O)NCCO. The van der Waals surface area contributed by atoms with Crippen LogP contribution in [-0.2, 0) is 5.92 Å². The number of aromatic nitrogens is 2. The summed E-state index contributed by atoms with van der Waals surface area (Å²) in [4.78, 5) is 17.7. The van der Waals surface area contributed by atoms with Gasteiger partial charge in [-0.15, -0.1) is 0 Å². The summed E-state index contributed by atoms with van der Waals surface area (Å²) < 4.78 is 37.0. The van der Waals surface area contributed by atoms with Crippen molar-refractivity contribution in [1.29, 1.82) is 0 Å². The minimum Gasteiger partial charge on any atom is -0.494 e. The van der Waals surface area contributed by atoms with Gasteiger partial charge in [-0.05, 0) is 67.4 Å². The number of ether oxygens (including phenoxy) is 1. The molecule has 0 bridgehead atoms. The Morgan fingerprint density at radius 1 is 1.38 bits per heavy atom. The van der Waals surface area contributed by atoms with E-state index in [4.69, 9.17) is 9.84 Å². The average Bonchev–Trinajstić information content (AvgIpc) is 3.26. The van der Waals surface area contributed by atoms with Crippen LogP contribution in [-0.4, -0.2) is 54.0 Å². The summed E-state index contributed by atoms with van der Waals surface area (Å²) in [6, 6.07) is 5.34. The molecular weight excluding hydrogens is 422 g/mol. The fourth-order valence-electron chi connectivity index (χ4n) is 3.75. The predicted octanol–water partition coefficient (Wildman–Crippen LogP) is 3.29. The quantitative estimate of drug-likeness (QED) is 0.534. The number of alkyl halides is 2. The van der Waals surface area contributed by atoms with Gasteiger partial charge in [0.15, 0.2) is 0 Å². The topological polar surface area (TPSA) is 101 Å². The summed E-state index contributed by atoms with van der Waals surface area (Å²) in [6.45, 7) is 4.71. The summed E-state index contributed by atoms with van der Waals surface area (Å²) in [6.07, 6.45) is 3.78. The highest BCUT2D eigenvalue weighted by Crippen LogP contribution is 2.29. The van der Waals surface area contributed by atoms with E-state index in [-0.39, 0.29) is 25.0 Å². The lowest BCUT2D eigenvalue weighted by molar-refractivity contribution is -0.0158. The van der Waals surface area contributed by atoms with Crippen LogP contribution in [0.15, 0.2) is 22.7 Å². The fourth-order valence-corrected chi connectivity index (χ4v) is 3.75. The van der Waals surface area contributed by atoms with Crippen LogP contribution in [0.4, 0.5) is 14.7 Å². The van der Waals surface area contributed by atoms with Gasteiger partial charge in [-0.1, -0.05) is 0 Å². The van der Waals surface area contributed by atoms with Gasteiger partial charge in [0.2, 0.25) is 0 Å². The molecule has 0 atom stereocenters. The van der Waals surface area contributed by atoms with Gasteiger partial charge in [0.25, 0.3) is 17.7 Å². The van der Waals surface area contributed by atoms with Crippen LogP contribution < -0.4 is 15.0 Å². The number of nitrogens with zero attached hydrogens (tertiary/aromatic N) is 3. The van der Waals surface area contributed by atoms with Crippen molar-refractivity contribution in [3.8, 4) is 5.75 Å². The number of benzene rings is 1. The predicted molar refractivity (Wildman–Crippen MR) is 114 cm³/mol. The third-order valence-corrected chi connectivity index (χ3v) is 5.55. The molecule has 1 fully saturated rings. The van der Waals surface area contributed by atoms with Crippen LogP contribution in [0.2, 0.25) is 0 Å². The molecule has 1 aliphatic heterocycles. The zero-order valence-corrected chi connectivity index (χ0v) is 18.4. The normalized spacial score (nSPS) is 15.1. The van der Waals surface area contributed by atoms with Crippen molar-refractivity contribution < 1.29 is 27.9 Å². The van der Waals surface area contributed by atoms with Crippen molar-refractivity contribution in [1.82, 2.24) is 15.5 Å². The second-order valence-electron chi connectivity index (χ2n) is 8.17. The van der Waals surface area contributed by atoms with E-state index in [1.54, 1.807) is 12.1 Å². The number of halogens is 2. The monoisotopic (exact) mass is 452 g/mol. The van der Waals surface area contributed by atoms with Crippen LogP contribution in [0, 0.1) is 12.8 Å². The van der Waals surface area contributed by atoms with Gasteiger partial charge in [-0.2, -0.15) is 13.8 Å². The molecule has 2 heterocycles. The first-order valence-electron chi connectivity index (χ1n) is 10.9. The summed E-state index contributed by atoms with van der Waals surface area (Å²) in [5.41, 5.74) is 1.38. The average molecular weight is 453 g/mol. The van der Waals surface area contributed by atoms with Gasteiger partial charge in [0.05, 0.1) is 13.2 Å². The molecule has 176 valence electrons. The van der Waals surface area contributed by atoms with E-state index < -0.39 is 11.8 Å². The van der Waals surface area contributed by atoms with Crippen LogP contribution in [0.5, 0.6) is 5.75 Å². The van der Waals surface area contributed by atoms with Crippen LogP contribution in [0.1, 0.15) is 54.4 Å². The maximum atomic E-state index is 13.3. The molecule has 0 unspecified atom stereocenters. The number of aliphatic hydroxyl groups is 1. The zero-order chi connectivity index (χ0) is 23.1. The van der Waals surface area contributed by atoms with Crippen LogP contribution in [0.25, 0.3) is 0 Å². The maximum Gasteiger partial charge on any atom is 0.322 e. The van der Waals surface area contributed by atoms with E-state index >= 15 is 0 Å². The van der Waals surface area contributed by atoms with E-state index in [9.17, 15) is 13.6 Å². The van der Waals surface area contributed by atoms with Crippen molar-refractivity contribution in [2.75, 3.05) is 37.7 Å². The van der Waals surface area contributed by atoms with Crippen molar-refractivity contribution in [3.05, 3.63) is 35.2 Å². The zero-order valence-electron chi connectivity index (χ0n) is 18.4. The summed E-state index contributed by atoms with van der Waals surface area (Å²) in [5, 5.41) is 15.1. The lowest BCUT2D eigenvalue weighted by Crippen LogP contribution is -2.34. The number of aliphatic hydroxyl groups excluding tert-OH is 1. The summed E-state index contributed by atoms with van der Waals surface area (Å²) in [7, 11) is 0. The first-order chi connectivity index (χ1) is 15.3. The number of carbonyl (C=O) groups excluding carboxylic acids is 1. The molecule has 0 saturated carbocycles. The molecule has 0 aliphatic carbocycles. The smallest absolute Gasteiger partial charge is 0.322 e. The minimum absolute atomic E-state index is 0.0964. The van der Waals surface area contributed by atoms with Gasteiger partial charge in [-0.25, -0.2) is 0 Å². The standard InChI is InChI=1S/C22H30F2N4O4/c1-15-14-17(5-6-18(15)19(30)25-9-12-29)31-13-3-4-16-7-10-28(11-8-16)21-26-20(32-27-21)22(2,23)24/h5-6,14,16,29H,3-4,7-13H2,1-2H3,(H,25,30). The van der Waals surface area contributed by atoms with E-state index in [0.717, 1.165) is 43.9 Å². The second-order valence-corrected chi connectivity index (χ2v) is 8.17. The summed E-state index contributed by atoms with van der Waals surface area (Å²) >= 11 is 0. The van der Waals surface area contributed by atoms with E-state index in [2.05, 4.69) is 20.0 Å². The molecule has 1 aromatic heterocycles. The number of nitrogens with one attached hydrogen (secondary N) is 1. The first-order valence-corrected chi connectivity index (χ1v) is 10.9. The number of hydrogen-bond acceptors (Lipinski definition) is 7. The highest BCUT2D eigenvalue weighted by Gasteiger charge is 2.33. The molecule has 1 saturated heterocycles. The number of aryl methyl sites for hydroxylation is 1. The first kappa shape index (κ1) is 23.9. The number of hydrogen-bond donors (Lipinski definition) is 2. The Labute approximate surface area is 185 Å². The molecule has 8 nitrogen and oxygen atoms in total. The fraction of sp³-hybridized carbons (Fsp3) is 0.591. The van der Waals surface area contributed by atoms with Crippen LogP contribution >= 0.6 is 0 Å². The van der Waals surface area contributed by atoms with Crippen molar-refractivity contribution in [2.24, 2.45) is 5.92 Å². The Morgan fingerprint density at radius 2 is 2.12 bits per heavy atom. The van der Waals surface area contributed by atoms with Gasteiger partial charge < -0.3 is 24.6 Å². The van der Waals surface area contributed by atoms with E-state index in [0.29, 0.717) is 31.2 Å². The third kappa shape index (κ3) is 6.38. The Hall–Kier alpha value is -2.75. The lowest BCUT2D eigenvalue weighted by Gasteiger charge is -2.30. The molecule has 1 aromatic carbocycles. The Bertz CT molecular complexity index is 892. The lowest BCUT2D eigenvalue weighted by atomic mass is 9.92. The molecule has 32 heavy (non-hydrogen) atoms. The van der Waals surface area contributed by atoms with Crippen LogP contribution in [0.3, 0.4) is 0 Å². The Morgan fingerprint density at radius 3 is 2.75 bits per heavy atom. The summed E-state index contributed by atoms with van der Waals surface area (Å²) in [5.74, 6) is -2.51. The molecule has 3 rings (SSSR count). The Balaban J connectivity index is 1.37. The number of anilines is 1. The van der Waals surface area contributed by atoms with Crippen molar-refractivity contribution >= 4 is 11.9 Å². The highest BCUT2D eigenvalue weighted by atomic mass is 19.3. The van der Waals surface area contributed by atoms with Crippen molar-refractivity contribution in [2.45, 2.75) is 45.5 Å². The Kier molecular flexibility index (Phi) is 8.00. The second kappa shape index (κ2) is 10.7. The van der Waals surface area contributed by atoms with Gasteiger partial charge >= 0.3 is 5.92 Å². The number of rotatable bonds is 10. The molecule has 1 aliphatic rings. The van der Waals surface area contributed by atoms with Gasteiger partial charge in [0, 0.05) is 32.1 Å². The van der Waals surface area contributed by atoms with Gasteiger partial charge in [0.1, 0.15) is 5.75 Å². The molecule has 0 radical (unpaired) electrons. The van der Waals surface area contributed by atoms with E-state index in [1.165, 1.54) is 0 Å². The third-order valence-electron chi connectivity index (χ3n) is 5.55. The molecule has 2 N–H and O–H groups in total. The molecule has 0 spiro atoms. The van der Waals surface area contributed by atoms with E-state index in [1.807, 2.05) is 17.9 Å². The molecule has 10 heteroatoms. The highest BCUT2D eigenvalue weighted by molar-refractivity contribution is 5.95. The number of piperidine rings is 1. The van der Waals surface area contributed by atoms with Crippen molar-refractivity contribution in [3.63, 3.8) is 0 Å². The molecule has 1 amide bonds. The largest absolute Gasteiger partial charge is 0.494 e.